The Balaban J connectivity index is 2.35. The number of esters is 3. The normalized spacial score (nSPS) is 26.4. The fourth-order valence-electron chi connectivity index (χ4n) is 2.85. The highest BCUT2D eigenvalue weighted by Crippen LogP contribution is 2.24. The lowest BCUT2D eigenvalue weighted by Crippen LogP contribution is -2.44. The predicted octanol–water partition coefficient (Wildman–Crippen LogP) is 1.49. The first-order valence-corrected chi connectivity index (χ1v) is 9.12. The monoisotopic (exact) mass is 377 g/mol. The predicted molar refractivity (Wildman–Crippen MR) is 97.7 cm³/mol. The lowest BCUT2D eigenvalue weighted by molar-refractivity contribution is -0.176. The van der Waals surface area contributed by atoms with Gasteiger partial charge in [-0.05, 0) is 26.0 Å². The van der Waals surface area contributed by atoms with Crippen molar-refractivity contribution in [2.24, 2.45) is 11.8 Å². The van der Waals surface area contributed by atoms with Gasteiger partial charge in [0.15, 0.2) is 6.10 Å². The van der Waals surface area contributed by atoms with Crippen LogP contribution in [0.3, 0.4) is 0 Å². The molecule has 0 aliphatic carbocycles. The molecule has 0 amide bonds. The van der Waals surface area contributed by atoms with Gasteiger partial charge in [-0.1, -0.05) is 44.2 Å². The van der Waals surface area contributed by atoms with Crippen LogP contribution in [-0.4, -0.2) is 49.8 Å². The van der Waals surface area contributed by atoms with E-state index in [0.717, 1.165) is 5.56 Å². The van der Waals surface area contributed by atoms with Crippen molar-refractivity contribution in [3.63, 3.8) is 0 Å². The maximum atomic E-state index is 12.8. The van der Waals surface area contributed by atoms with Gasteiger partial charge < -0.3 is 19.5 Å². The van der Waals surface area contributed by atoms with Crippen molar-refractivity contribution in [1.29, 1.82) is 0 Å². The Morgan fingerprint density at radius 1 is 1.22 bits per heavy atom. The quantitative estimate of drug-likeness (QED) is 0.614. The van der Waals surface area contributed by atoms with Crippen LogP contribution in [0.15, 0.2) is 30.3 Å². The van der Waals surface area contributed by atoms with E-state index < -0.39 is 42.1 Å². The van der Waals surface area contributed by atoms with E-state index in [1.165, 1.54) is 0 Å². The minimum absolute atomic E-state index is 0.142. The molecule has 148 valence electrons. The summed E-state index contributed by atoms with van der Waals surface area (Å²) < 4.78 is 16.4. The largest absolute Gasteiger partial charge is 0.463 e. The number of rotatable bonds is 5. The first-order valence-electron chi connectivity index (χ1n) is 9.12. The summed E-state index contributed by atoms with van der Waals surface area (Å²) in [6, 6.07) is 8.61. The molecule has 0 spiro atoms. The number of likely N-dealkylation sites (N-methyl/N-ethyl adjacent to an activating group) is 1. The van der Waals surface area contributed by atoms with Crippen LogP contribution in [0.25, 0.3) is 0 Å². The molecule has 2 rings (SSSR count). The van der Waals surface area contributed by atoms with E-state index >= 15 is 0 Å². The van der Waals surface area contributed by atoms with E-state index in [1.807, 2.05) is 30.3 Å². The van der Waals surface area contributed by atoms with Crippen molar-refractivity contribution in [1.82, 2.24) is 5.32 Å². The minimum Gasteiger partial charge on any atom is -0.463 e. The lowest BCUT2D eigenvalue weighted by atomic mass is 9.91. The first-order chi connectivity index (χ1) is 12.8. The second kappa shape index (κ2) is 9.50. The molecule has 0 saturated carbocycles. The number of cyclic esters (lactones) is 2. The zero-order valence-electron chi connectivity index (χ0n) is 16.1. The number of benzene rings is 1. The van der Waals surface area contributed by atoms with Gasteiger partial charge in [0.05, 0.1) is 5.92 Å². The van der Waals surface area contributed by atoms with Gasteiger partial charge in [-0.15, -0.1) is 0 Å². The molecule has 0 aromatic heterocycles. The molecule has 1 N–H and O–H groups in total. The Kier molecular flexibility index (Phi) is 7.36. The van der Waals surface area contributed by atoms with E-state index in [9.17, 15) is 14.4 Å². The van der Waals surface area contributed by atoms with E-state index in [0.29, 0.717) is 6.42 Å². The second-order valence-electron chi connectivity index (χ2n) is 6.97. The molecule has 1 saturated heterocycles. The highest BCUT2D eigenvalue weighted by Gasteiger charge is 2.41. The van der Waals surface area contributed by atoms with Crippen LogP contribution < -0.4 is 5.32 Å². The third-order valence-electron chi connectivity index (χ3n) is 4.51. The van der Waals surface area contributed by atoms with Gasteiger partial charge in [-0.25, -0.2) is 0 Å². The van der Waals surface area contributed by atoms with Crippen LogP contribution in [0.2, 0.25) is 0 Å². The van der Waals surface area contributed by atoms with Gasteiger partial charge in [-0.2, -0.15) is 0 Å². The standard InChI is InChI=1S/C20H27NO6/c1-12(2)18(22)27-17-13(3)26-20(24)16(21-4)11-25-19(23)15(17)10-14-8-6-5-7-9-14/h5-9,12-13,15-17,21H,10-11H2,1-4H3/t13-,15+,16-,17-/m0/s1. The number of hydrogen-bond donors (Lipinski definition) is 1. The SMILES string of the molecule is CN[C@H]1COC(=O)[C@H](Cc2ccccc2)[C@@H](OC(=O)C(C)C)[C@H](C)OC1=O. The van der Waals surface area contributed by atoms with E-state index in [4.69, 9.17) is 14.2 Å². The lowest BCUT2D eigenvalue weighted by Gasteiger charge is -2.29. The maximum absolute atomic E-state index is 12.8. The molecule has 27 heavy (non-hydrogen) atoms. The van der Waals surface area contributed by atoms with Crippen molar-refractivity contribution in [2.45, 2.75) is 45.4 Å². The number of ether oxygens (including phenoxy) is 3. The minimum atomic E-state index is -0.938. The second-order valence-corrected chi connectivity index (χ2v) is 6.97. The molecule has 1 heterocycles. The van der Waals surface area contributed by atoms with Crippen molar-refractivity contribution in [3.05, 3.63) is 35.9 Å². The molecule has 7 nitrogen and oxygen atoms in total. The van der Waals surface area contributed by atoms with Crippen LogP contribution >= 0.6 is 0 Å². The Morgan fingerprint density at radius 3 is 2.48 bits per heavy atom. The first kappa shape index (κ1) is 20.9. The highest BCUT2D eigenvalue weighted by molar-refractivity contribution is 5.79. The van der Waals surface area contributed by atoms with Crippen molar-refractivity contribution >= 4 is 17.9 Å². The van der Waals surface area contributed by atoms with Crippen LogP contribution in [0.4, 0.5) is 0 Å². The highest BCUT2D eigenvalue weighted by atomic mass is 16.6. The molecule has 0 bridgehead atoms. The molecule has 0 unspecified atom stereocenters. The van der Waals surface area contributed by atoms with Crippen molar-refractivity contribution < 1.29 is 28.6 Å². The average molecular weight is 377 g/mol. The number of nitrogens with one attached hydrogen (secondary N) is 1. The third-order valence-corrected chi connectivity index (χ3v) is 4.51. The van der Waals surface area contributed by atoms with Gasteiger partial charge in [0.2, 0.25) is 0 Å². The van der Waals surface area contributed by atoms with Gasteiger partial charge >= 0.3 is 17.9 Å². The van der Waals surface area contributed by atoms with Crippen molar-refractivity contribution in [3.8, 4) is 0 Å². The van der Waals surface area contributed by atoms with Crippen LogP contribution in [-0.2, 0) is 35.0 Å². The summed E-state index contributed by atoms with van der Waals surface area (Å²) in [6.07, 6.45) is -1.43. The van der Waals surface area contributed by atoms with Gasteiger partial charge in [0.1, 0.15) is 24.7 Å². The van der Waals surface area contributed by atoms with Crippen molar-refractivity contribution in [2.75, 3.05) is 13.7 Å². The van der Waals surface area contributed by atoms with Crippen LogP contribution in [0.1, 0.15) is 26.3 Å². The fraction of sp³-hybridized carbons (Fsp3) is 0.550. The summed E-state index contributed by atoms with van der Waals surface area (Å²) in [7, 11) is 1.58. The topological polar surface area (TPSA) is 90.9 Å². The zero-order valence-corrected chi connectivity index (χ0v) is 16.1. The summed E-state index contributed by atoms with van der Waals surface area (Å²) in [6.45, 7) is 4.89. The summed E-state index contributed by atoms with van der Waals surface area (Å²) in [5.74, 6) is -2.69. The summed E-state index contributed by atoms with van der Waals surface area (Å²) >= 11 is 0. The molecule has 1 aliphatic rings. The molecular weight excluding hydrogens is 350 g/mol. The average Bonchev–Trinajstić information content (AvgIpc) is 2.67. The van der Waals surface area contributed by atoms with Gasteiger partial charge in [-0.3, -0.25) is 14.4 Å². The van der Waals surface area contributed by atoms with Crippen LogP contribution in [0.5, 0.6) is 0 Å². The smallest absolute Gasteiger partial charge is 0.327 e. The molecule has 1 fully saturated rings. The Morgan fingerprint density at radius 2 is 1.89 bits per heavy atom. The molecule has 1 aromatic carbocycles. The summed E-state index contributed by atoms with van der Waals surface area (Å²) in [4.78, 5) is 37.3. The van der Waals surface area contributed by atoms with Gasteiger partial charge in [0.25, 0.3) is 0 Å². The summed E-state index contributed by atoms with van der Waals surface area (Å²) in [5, 5.41) is 2.77. The molecule has 0 radical (unpaired) electrons. The van der Waals surface area contributed by atoms with E-state index in [1.54, 1.807) is 27.8 Å². The molecular formula is C20H27NO6. The fourth-order valence-corrected chi connectivity index (χ4v) is 2.85. The third kappa shape index (κ3) is 5.53. The Hall–Kier alpha value is -2.41. The number of hydrogen-bond acceptors (Lipinski definition) is 7. The van der Waals surface area contributed by atoms with E-state index in [-0.39, 0.29) is 12.5 Å². The number of carbonyl (C=O) groups excluding carboxylic acids is 3. The molecule has 1 aromatic rings. The van der Waals surface area contributed by atoms with Gasteiger partial charge in [0, 0.05) is 0 Å². The Labute approximate surface area is 159 Å². The maximum Gasteiger partial charge on any atom is 0.327 e. The zero-order chi connectivity index (χ0) is 20.0. The van der Waals surface area contributed by atoms with E-state index in [2.05, 4.69) is 5.32 Å². The van der Waals surface area contributed by atoms with Crippen LogP contribution in [0, 0.1) is 11.8 Å². The summed E-state index contributed by atoms with van der Waals surface area (Å²) in [5.41, 5.74) is 0.896. The molecule has 7 heteroatoms. The Bertz CT molecular complexity index is 660. The number of carbonyl (C=O) groups is 3. The molecule has 4 atom stereocenters. The molecule has 1 aliphatic heterocycles.